The number of halogens is 1. The average molecular weight is 545 g/mol. The molecule has 0 spiro atoms. The number of carboxylic acids is 1. The maximum atomic E-state index is 14.4. The fourth-order valence-corrected chi connectivity index (χ4v) is 5.52. The second kappa shape index (κ2) is 10.7. The molecule has 0 unspecified atom stereocenters. The summed E-state index contributed by atoms with van der Waals surface area (Å²) in [4.78, 5) is 48.9. The molecule has 39 heavy (non-hydrogen) atoms. The van der Waals surface area contributed by atoms with E-state index >= 15 is 0 Å². The number of carbonyl (C=O) groups is 3. The van der Waals surface area contributed by atoms with Crippen molar-refractivity contribution in [1.29, 1.82) is 0 Å². The fourth-order valence-electron chi connectivity index (χ4n) is 4.73. The number of anilines is 2. The highest BCUT2D eigenvalue weighted by Crippen LogP contribution is 2.37. The van der Waals surface area contributed by atoms with Gasteiger partial charge in [-0.3, -0.25) is 24.2 Å². The van der Waals surface area contributed by atoms with E-state index in [2.05, 4.69) is 9.97 Å². The summed E-state index contributed by atoms with van der Waals surface area (Å²) in [5, 5.41) is 11.5. The third kappa shape index (κ3) is 5.42. The van der Waals surface area contributed by atoms with E-state index in [-0.39, 0.29) is 31.1 Å². The number of nitrogens with zero attached hydrogens (tertiary/aromatic N) is 4. The smallest absolute Gasteiger partial charge is 0.304 e. The molecular weight excluding hydrogens is 519 g/mol. The number of pyridine rings is 1. The molecule has 0 bridgehead atoms. The van der Waals surface area contributed by atoms with Crippen LogP contribution in [0.15, 0.2) is 66.2 Å². The monoisotopic (exact) mass is 544 g/mol. The standard InChI is InChI=1S/C29H25FN4O4S/c1-33-25(35)12-18-11-20(15-31-27(18)33)22-9-8-21(30)14-23(22)24-16-39-29(32-24)34(2)28(38)19(13-26(36)37)10-17-6-4-3-5-7-17/h3-9,11,14-16,19H,10,12-13H2,1-2H3,(H,36,37)/t19-/m1/s1. The second-order valence-electron chi connectivity index (χ2n) is 9.42. The lowest BCUT2D eigenvalue weighted by atomic mass is 9.95. The summed E-state index contributed by atoms with van der Waals surface area (Å²) in [6.45, 7) is 0. The Morgan fingerprint density at radius 2 is 1.92 bits per heavy atom. The van der Waals surface area contributed by atoms with Crippen LogP contribution in [0.2, 0.25) is 0 Å². The Balaban J connectivity index is 1.44. The van der Waals surface area contributed by atoms with Crippen molar-refractivity contribution in [1.82, 2.24) is 9.97 Å². The predicted octanol–water partition coefficient (Wildman–Crippen LogP) is 4.83. The molecule has 0 radical (unpaired) electrons. The first-order chi connectivity index (χ1) is 18.7. The molecule has 10 heteroatoms. The number of amides is 2. The summed E-state index contributed by atoms with van der Waals surface area (Å²) < 4.78 is 14.4. The van der Waals surface area contributed by atoms with E-state index in [0.717, 1.165) is 16.7 Å². The molecule has 0 aliphatic carbocycles. The number of hydrogen-bond acceptors (Lipinski definition) is 6. The SMILES string of the molecule is CN(C(=O)[C@@H](CC(=O)O)Cc1ccccc1)c1nc(-c2cc(F)ccc2-c2cnc3c(c2)CC(=O)N3C)cs1. The van der Waals surface area contributed by atoms with E-state index in [1.807, 2.05) is 36.4 Å². The number of rotatable bonds is 8. The zero-order valence-corrected chi connectivity index (χ0v) is 22.1. The van der Waals surface area contributed by atoms with E-state index in [1.54, 1.807) is 31.7 Å². The van der Waals surface area contributed by atoms with Gasteiger partial charge in [0.25, 0.3) is 0 Å². The van der Waals surface area contributed by atoms with Gasteiger partial charge in [0.1, 0.15) is 11.6 Å². The first-order valence-electron chi connectivity index (χ1n) is 12.3. The van der Waals surface area contributed by atoms with Gasteiger partial charge in [0, 0.05) is 42.4 Å². The van der Waals surface area contributed by atoms with E-state index in [0.29, 0.717) is 27.8 Å². The maximum absolute atomic E-state index is 14.4. The van der Waals surface area contributed by atoms with E-state index in [1.165, 1.54) is 33.3 Å². The van der Waals surface area contributed by atoms with Gasteiger partial charge in [0.05, 0.1) is 24.5 Å². The van der Waals surface area contributed by atoms with Gasteiger partial charge in [0.2, 0.25) is 11.8 Å². The highest BCUT2D eigenvalue weighted by atomic mass is 32.1. The molecule has 1 atom stereocenters. The Hall–Kier alpha value is -4.44. The lowest BCUT2D eigenvalue weighted by Gasteiger charge is -2.21. The van der Waals surface area contributed by atoms with Crippen molar-refractivity contribution in [3.8, 4) is 22.4 Å². The van der Waals surface area contributed by atoms with Gasteiger partial charge in [-0.1, -0.05) is 36.4 Å². The van der Waals surface area contributed by atoms with Gasteiger partial charge < -0.3 is 5.11 Å². The molecule has 198 valence electrons. The van der Waals surface area contributed by atoms with Gasteiger partial charge in [-0.2, -0.15) is 0 Å². The number of hydrogen-bond donors (Lipinski definition) is 1. The largest absolute Gasteiger partial charge is 0.481 e. The van der Waals surface area contributed by atoms with Crippen LogP contribution < -0.4 is 9.80 Å². The van der Waals surface area contributed by atoms with Crippen molar-refractivity contribution >= 4 is 40.1 Å². The zero-order valence-electron chi connectivity index (χ0n) is 21.3. The molecule has 2 aromatic carbocycles. The highest BCUT2D eigenvalue weighted by Gasteiger charge is 2.28. The summed E-state index contributed by atoms with van der Waals surface area (Å²) in [5.41, 5.74) is 4.05. The Labute approximate surface area is 228 Å². The Kier molecular flexibility index (Phi) is 7.21. The lowest BCUT2D eigenvalue weighted by molar-refractivity contribution is -0.140. The van der Waals surface area contributed by atoms with Crippen molar-refractivity contribution in [2.45, 2.75) is 19.3 Å². The van der Waals surface area contributed by atoms with Crippen LogP contribution in [0.5, 0.6) is 0 Å². The van der Waals surface area contributed by atoms with Gasteiger partial charge in [-0.25, -0.2) is 14.4 Å². The Bertz CT molecular complexity index is 1570. The molecule has 1 aliphatic rings. The minimum atomic E-state index is -1.06. The molecule has 0 fully saturated rings. The third-order valence-corrected chi connectivity index (χ3v) is 7.67. The van der Waals surface area contributed by atoms with Crippen molar-refractivity contribution in [3.63, 3.8) is 0 Å². The molecular formula is C29H25FN4O4S. The van der Waals surface area contributed by atoms with Crippen LogP contribution in [0.25, 0.3) is 22.4 Å². The van der Waals surface area contributed by atoms with E-state index in [4.69, 9.17) is 0 Å². The molecule has 4 aromatic rings. The van der Waals surface area contributed by atoms with Crippen LogP contribution in [0.1, 0.15) is 17.5 Å². The van der Waals surface area contributed by atoms with Gasteiger partial charge in [-0.15, -0.1) is 11.3 Å². The van der Waals surface area contributed by atoms with Gasteiger partial charge in [-0.05, 0) is 35.7 Å². The zero-order chi connectivity index (χ0) is 27.7. The average Bonchev–Trinajstić information content (AvgIpc) is 3.52. The van der Waals surface area contributed by atoms with Gasteiger partial charge in [0.15, 0.2) is 5.13 Å². The fraction of sp³-hybridized carbons (Fsp3) is 0.207. The molecule has 1 N–H and O–H groups in total. The number of carboxylic acid groups (broad SMARTS) is 1. The van der Waals surface area contributed by atoms with Crippen LogP contribution in [-0.4, -0.2) is 47.0 Å². The summed E-state index contributed by atoms with van der Waals surface area (Å²) in [7, 11) is 3.24. The topological polar surface area (TPSA) is 104 Å². The number of thiazole rings is 1. The summed E-state index contributed by atoms with van der Waals surface area (Å²) in [5.74, 6) is -2.07. The number of likely N-dealkylation sites (N-methyl/N-ethyl adjacent to an activating group) is 1. The number of fused-ring (bicyclic) bond motifs is 1. The molecule has 2 aromatic heterocycles. The maximum Gasteiger partial charge on any atom is 0.304 e. The Morgan fingerprint density at radius 3 is 2.67 bits per heavy atom. The molecule has 3 heterocycles. The summed E-state index contributed by atoms with van der Waals surface area (Å²) in [6, 6.07) is 15.5. The highest BCUT2D eigenvalue weighted by molar-refractivity contribution is 7.14. The molecule has 8 nitrogen and oxygen atoms in total. The Morgan fingerprint density at radius 1 is 1.15 bits per heavy atom. The molecule has 0 saturated carbocycles. The van der Waals surface area contributed by atoms with Crippen LogP contribution in [0, 0.1) is 11.7 Å². The summed E-state index contributed by atoms with van der Waals surface area (Å²) in [6.07, 6.45) is 1.87. The van der Waals surface area contributed by atoms with Crippen LogP contribution >= 0.6 is 11.3 Å². The predicted molar refractivity (Wildman–Crippen MR) is 147 cm³/mol. The molecule has 2 amide bonds. The van der Waals surface area contributed by atoms with Crippen LogP contribution in [0.3, 0.4) is 0 Å². The summed E-state index contributed by atoms with van der Waals surface area (Å²) >= 11 is 1.21. The number of benzene rings is 2. The van der Waals surface area contributed by atoms with Crippen molar-refractivity contribution in [2.24, 2.45) is 5.92 Å². The number of carbonyl (C=O) groups excluding carboxylic acids is 2. The number of aliphatic carboxylic acids is 1. The first-order valence-corrected chi connectivity index (χ1v) is 13.1. The van der Waals surface area contributed by atoms with E-state index in [9.17, 15) is 23.9 Å². The van der Waals surface area contributed by atoms with Crippen LogP contribution in [0.4, 0.5) is 15.3 Å². The first kappa shape index (κ1) is 26.2. The second-order valence-corrected chi connectivity index (χ2v) is 10.3. The van der Waals surface area contributed by atoms with Crippen molar-refractivity contribution in [3.05, 3.63) is 83.1 Å². The van der Waals surface area contributed by atoms with E-state index < -0.39 is 17.7 Å². The molecule has 5 rings (SSSR count). The van der Waals surface area contributed by atoms with Crippen molar-refractivity contribution < 1.29 is 23.9 Å². The lowest BCUT2D eigenvalue weighted by Crippen LogP contribution is -2.35. The normalized spacial score (nSPS) is 13.3. The molecule has 0 saturated heterocycles. The van der Waals surface area contributed by atoms with Gasteiger partial charge >= 0.3 is 5.97 Å². The molecule has 1 aliphatic heterocycles. The number of aromatic nitrogens is 2. The van der Waals surface area contributed by atoms with Crippen molar-refractivity contribution in [2.75, 3.05) is 23.9 Å². The van der Waals surface area contributed by atoms with Crippen LogP contribution in [-0.2, 0) is 27.2 Å². The minimum Gasteiger partial charge on any atom is -0.481 e. The quantitative estimate of drug-likeness (QED) is 0.341. The third-order valence-electron chi connectivity index (χ3n) is 6.75. The minimum absolute atomic E-state index is 0.0423.